The highest BCUT2D eigenvalue weighted by Crippen LogP contribution is 2.30. The van der Waals surface area contributed by atoms with Gasteiger partial charge in [-0.05, 0) is 34.4 Å². The topological polar surface area (TPSA) is 41.1 Å². The summed E-state index contributed by atoms with van der Waals surface area (Å²) < 4.78 is 0. The van der Waals surface area contributed by atoms with Crippen LogP contribution in [-0.4, -0.2) is 6.03 Å². The molecule has 32 heavy (non-hydrogen) atoms. The number of urea groups is 1. The first-order valence-corrected chi connectivity index (χ1v) is 11.0. The standard InChI is InChI=1S/C27H22Cl2N2O/c28-23-17-9-7-15-21(23)25(19-11-3-1-4-12-19)30-27(32)31-26(20-13-5-2-6-14-20)22-16-8-10-18-24(22)29/h1-18,25-26H,(H2,30,31,32). The molecule has 0 fully saturated rings. The van der Waals surface area contributed by atoms with E-state index in [1.807, 2.05) is 109 Å². The second-order valence-electron chi connectivity index (χ2n) is 7.35. The molecule has 4 rings (SSSR count). The van der Waals surface area contributed by atoms with E-state index in [0.29, 0.717) is 10.0 Å². The zero-order valence-electron chi connectivity index (χ0n) is 17.2. The number of benzene rings is 4. The number of amides is 2. The van der Waals surface area contributed by atoms with Crippen LogP contribution in [0.5, 0.6) is 0 Å². The van der Waals surface area contributed by atoms with E-state index >= 15 is 0 Å². The monoisotopic (exact) mass is 460 g/mol. The maximum atomic E-state index is 13.3. The Balaban J connectivity index is 1.65. The largest absolute Gasteiger partial charge is 0.327 e. The Kier molecular flexibility index (Phi) is 7.10. The van der Waals surface area contributed by atoms with Gasteiger partial charge in [0.05, 0.1) is 12.1 Å². The van der Waals surface area contributed by atoms with Gasteiger partial charge in [-0.25, -0.2) is 4.79 Å². The van der Waals surface area contributed by atoms with E-state index in [4.69, 9.17) is 23.2 Å². The van der Waals surface area contributed by atoms with Crippen LogP contribution in [0.25, 0.3) is 0 Å². The summed E-state index contributed by atoms with van der Waals surface area (Å²) in [5.41, 5.74) is 3.52. The van der Waals surface area contributed by atoms with Crippen LogP contribution >= 0.6 is 23.2 Å². The Labute approximate surface area is 198 Å². The summed E-state index contributed by atoms with van der Waals surface area (Å²) in [6, 6.07) is 33.4. The summed E-state index contributed by atoms with van der Waals surface area (Å²) in [4.78, 5) is 13.3. The first-order chi connectivity index (χ1) is 15.6. The van der Waals surface area contributed by atoms with E-state index in [0.717, 1.165) is 22.3 Å². The molecule has 2 atom stereocenters. The first kappa shape index (κ1) is 21.9. The van der Waals surface area contributed by atoms with Crippen molar-refractivity contribution in [3.63, 3.8) is 0 Å². The van der Waals surface area contributed by atoms with Crippen molar-refractivity contribution in [2.24, 2.45) is 0 Å². The molecule has 4 aromatic rings. The van der Waals surface area contributed by atoms with Crippen molar-refractivity contribution in [1.29, 1.82) is 0 Å². The lowest BCUT2D eigenvalue weighted by atomic mass is 9.98. The van der Waals surface area contributed by atoms with Crippen LogP contribution in [0, 0.1) is 0 Å². The third-order valence-electron chi connectivity index (χ3n) is 5.25. The highest BCUT2D eigenvalue weighted by Gasteiger charge is 2.23. The van der Waals surface area contributed by atoms with Gasteiger partial charge >= 0.3 is 6.03 Å². The lowest BCUT2D eigenvalue weighted by molar-refractivity contribution is 0.236. The van der Waals surface area contributed by atoms with E-state index in [1.54, 1.807) is 0 Å². The van der Waals surface area contributed by atoms with Gasteiger partial charge in [-0.1, -0.05) is 120 Å². The molecule has 2 amide bonds. The quantitative estimate of drug-likeness (QED) is 0.314. The number of nitrogens with one attached hydrogen (secondary N) is 2. The average molecular weight is 461 g/mol. The van der Waals surface area contributed by atoms with Gasteiger partial charge in [0.15, 0.2) is 0 Å². The molecule has 0 saturated carbocycles. The fraction of sp³-hybridized carbons (Fsp3) is 0.0741. The van der Waals surface area contributed by atoms with Crippen LogP contribution in [0.3, 0.4) is 0 Å². The highest BCUT2D eigenvalue weighted by atomic mass is 35.5. The normalized spacial score (nSPS) is 12.6. The number of rotatable bonds is 6. The Bertz CT molecular complexity index is 1090. The first-order valence-electron chi connectivity index (χ1n) is 10.3. The molecule has 5 heteroatoms. The Hall–Kier alpha value is -3.27. The predicted octanol–water partition coefficient (Wildman–Crippen LogP) is 7.17. The third kappa shape index (κ3) is 5.13. The second kappa shape index (κ2) is 10.4. The Morgan fingerprint density at radius 3 is 1.25 bits per heavy atom. The fourth-order valence-corrected chi connectivity index (χ4v) is 4.18. The molecule has 4 aromatic carbocycles. The van der Waals surface area contributed by atoms with Crippen LogP contribution in [-0.2, 0) is 0 Å². The van der Waals surface area contributed by atoms with Crippen LogP contribution in [0.1, 0.15) is 34.3 Å². The van der Waals surface area contributed by atoms with E-state index in [2.05, 4.69) is 10.6 Å². The minimum atomic E-state index is -0.410. The smallest absolute Gasteiger partial charge is 0.316 e. The van der Waals surface area contributed by atoms with Gasteiger partial charge in [0.25, 0.3) is 0 Å². The van der Waals surface area contributed by atoms with E-state index in [-0.39, 0.29) is 6.03 Å². The molecular weight excluding hydrogens is 439 g/mol. The van der Waals surface area contributed by atoms with Crippen molar-refractivity contribution in [2.45, 2.75) is 12.1 Å². The summed E-state index contributed by atoms with van der Waals surface area (Å²) in [5, 5.41) is 7.38. The van der Waals surface area contributed by atoms with Crippen LogP contribution in [0.15, 0.2) is 109 Å². The molecule has 0 aliphatic carbocycles. The van der Waals surface area contributed by atoms with Gasteiger partial charge < -0.3 is 10.6 Å². The summed E-state index contributed by atoms with van der Waals surface area (Å²) in [5.74, 6) is 0. The Morgan fingerprint density at radius 2 is 0.875 bits per heavy atom. The summed E-state index contributed by atoms with van der Waals surface area (Å²) >= 11 is 13.0. The molecule has 0 aliphatic rings. The van der Waals surface area contributed by atoms with Crippen molar-refractivity contribution >= 4 is 29.2 Å². The number of carbonyl (C=O) groups is 1. The van der Waals surface area contributed by atoms with Crippen molar-refractivity contribution in [2.75, 3.05) is 0 Å². The molecule has 0 aliphatic heterocycles. The predicted molar refractivity (Wildman–Crippen MR) is 131 cm³/mol. The molecular formula is C27H22Cl2N2O. The van der Waals surface area contributed by atoms with Crippen LogP contribution in [0.4, 0.5) is 4.79 Å². The minimum absolute atomic E-state index is 0.326. The molecule has 0 spiro atoms. The average Bonchev–Trinajstić information content (AvgIpc) is 2.83. The van der Waals surface area contributed by atoms with Gasteiger partial charge in [-0.3, -0.25) is 0 Å². The van der Waals surface area contributed by atoms with Gasteiger partial charge in [0, 0.05) is 10.0 Å². The maximum Gasteiger partial charge on any atom is 0.316 e. The number of halogens is 2. The molecule has 0 aromatic heterocycles. The molecule has 2 N–H and O–H groups in total. The lowest BCUT2D eigenvalue weighted by Crippen LogP contribution is -2.40. The molecule has 3 nitrogen and oxygen atoms in total. The van der Waals surface area contributed by atoms with Crippen LogP contribution < -0.4 is 10.6 Å². The number of carbonyl (C=O) groups excluding carboxylic acids is 1. The zero-order chi connectivity index (χ0) is 22.3. The van der Waals surface area contributed by atoms with Gasteiger partial charge in [-0.2, -0.15) is 0 Å². The fourth-order valence-electron chi connectivity index (χ4n) is 3.69. The van der Waals surface area contributed by atoms with E-state index in [9.17, 15) is 4.79 Å². The molecule has 0 radical (unpaired) electrons. The van der Waals surface area contributed by atoms with Gasteiger partial charge in [0.1, 0.15) is 0 Å². The number of hydrogen-bond acceptors (Lipinski definition) is 1. The molecule has 0 heterocycles. The highest BCUT2D eigenvalue weighted by molar-refractivity contribution is 6.31. The molecule has 160 valence electrons. The van der Waals surface area contributed by atoms with E-state index < -0.39 is 12.1 Å². The molecule has 2 unspecified atom stereocenters. The minimum Gasteiger partial charge on any atom is -0.327 e. The van der Waals surface area contributed by atoms with Crippen molar-refractivity contribution in [3.05, 3.63) is 141 Å². The van der Waals surface area contributed by atoms with Crippen LogP contribution in [0.2, 0.25) is 10.0 Å². The Morgan fingerprint density at radius 1 is 0.531 bits per heavy atom. The lowest BCUT2D eigenvalue weighted by Gasteiger charge is -2.25. The maximum absolute atomic E-state index is 13.3. The summed E-state index contributed by atoms with van der Waals surface area (Å²) in [7, 11) is 0. The third-order valence-corrected chi connectivity index (χ3v) is 5.94. The van der Waals surface area contributed by atoms with Gasteiger partial charge in [0.2, 0.25) is 0 Å². The van der Waals surface area contributed by atoms with Crippen molar-refractivity contribution in [3.8, 4) is 0 Å². The zero-order valence-corrected chi connectivity index (χ0v) is 18.7. The summed E-state index contributed by atoms with van der Waals surface area (Å²) in [6.45, 7) is 0. The van der Waals surface area contributed by atoms with Crippen molar-refractivity contribution in [1.82, 2.24) is 10.6 Å². The van der Waals surface area contributed by atoms with Crippen molar-refractivity contribution < 1.29 is 4.79 Å². The SMILES string of the molecule is O=C(NC(c1ccccc1)c1ccccc1Cl)NC(c1ccccc1)c1ccccc1Cl. The van der Waals surface area contributed by atoms with E-state index in [1.165, 1.54) is 0 Å². The number of hydrogen-bond donors (Lipinski definition) is 2. The summed E-state index contributed by atoms with van der Waals surface area (Å²) in [6.07, 6.45) is 0. The van der Waals surface area contributed by atoms with Gasteiger partial charge in [-0.15, -0.1) is 0 Å². The second-order valence-corrected chi connectivity index (χ2v) is 8.16. The molecule has 0 saturated heterocycles. The molecule has 0 bridgehead atoms.